The summed E-state index contributed by atoms with van der Waals surface area (Å²) in [7, 11) is 0. The van der Waals surface area contributed by atoms with Crippen LogP contribution in [0.3, 0.4) is 0 Å². The summed E-state index contributed by atoms with van der Waals surface area (Å²) in [5.41, 5.74) is 6.11. The predicted octanol–water partition coefficient (Wildman–Crippen LogP) is 4.71. The molecular formula is C24H30ClN3O4S. The highest BCUT2D eigenvalue weighted by Crippen LogP contribution is 2.20. The van der Waals surface area contributed by atoms with Crippen LogP contribution in [0.2, 0.25) is 5.02 Å². The Morgan fingerprint density at radius 2 is 1.64 bits per heavy atom. The maximum atomic E-state index is 12.3. The lowest BCUT2D eigenvalue weighted by atomic mass is 10.2. The Kier molecular flexibility index (Phi) is 11.5. The molecule has 0 radical (unpaired) electrons. The van der Waals surface area contributed by atoms with Crippen LogP contribution < -0.4 is 25.6 Å². The lowest BCUT2D eigenvalue weighted by Gasteiger charge is -2.12. The van der Waals surface area contributed by atoms with Crippen molar-refractivity contribution < 1.29 is 19.1 Å². The molecule has 0 bridgehead atoms. The van der Waals surface area contributed by atoms with Crippen molar-refractivity contribution in [2.24, 2.45) is 0 Å². The smallest absolute Gasteiger partial charge is 0.276 e. The quantitative estimate of drug-likeness (QED) is 0.239. The van der Waals surface area contributed by atoms with Crippen LogP contribution in [0.25, 0.3) is 0 Å². The number of halogens is 1. The Hall–Kier alpha value is -2.84. The molecule has 33 heavy (non-hydrogen) atoms. The number of thiocarbonyl (C=S) groups is 1. The first-order valence-corrected chi connectivity index (χ1v) is 11.7. The van der Waals surface area contributed by atoms with E-state index in [0.29, 0.717) is 28.7 Å². The molecule has 0 atom stereocenters. The Morgan fingerprint density at radius 3 is 2.33 bits per heavy atom. The number of rotatable bonds is 11. The molecule has 2 amide bonds. The molecule has 3 N–H and O–H groups in total. The van der Waals surface area contributed by atoms with Crippen molar-refractivity contribution >= 4 is 40.7 Å². The Bertz CT molecular complexity index is 938. The Morgan fingerprint density at radius 1 is 0.939 bits per heavy atom. The second-order valence-electron chi connectivity index (χ2n) is 7.44. The lowest BCUT2D eigenvalue weighted by Crippen LogP contribution is -2.49. The Labute approximate surface area is 205 Å². The van der Waals surface area contributed by atoms with Crippen LogP contribution in [0, 0.1) is 6.92 Å². The third kappa shape index (κ3) is 10.1. The molecule has 0 saturated heterocycles. The van der Waals surface area contributed by atoms with Gasteiger partial charge in [0.2, 0.25) is 0 Å². The van der Waals surface area contributed by atoms with Gasteiger partial charge < -0.3 is 9.47 Å². The van der Waals surface area contributed by atoms with Crippen molar-refractivity contribution in [1.82, 2.24) is 16.2 Å². The molecule has 0 spiro atoms. The van der Waals surface area contributed by atoms with E-state index in [1.165, 1.54) is 19.3 Å². The number of unbranched alkanes of at least 4 members (excludes halogenated alkanes) is 4. The minimum absolute atomic E-state index is 0.0388. The molecule has 0 aliphatic carbocycles. The number of amides is 2. The molecule has 0 unspecified atom stereocenters. The second-order valence-corrected chi connectivity index (χ2v) is 8.26. The molecule has 2 rings (SSSR count). The van der Waals surface area contributed by atoms with Gasteiger partial charge in [0.1, 0.15) is 11.5 Å². The van der Waals surface area contributed by atoms with Gasteiger partial charge >= 0.3 is 0 Å². The molecule has 0 aliphatic rings. The summed E-state index contributed by atoms with van der Waals surface area (Å²) in [6, 6.07) is 11.9. The number of ether oxygens (including phenoxy) is 2. The van der Waals surface area contributed by atoms with Crippen molar-refractivity contribution in [2.75, 3.05) is 13.2 Å². The molecule has 7 nitrogen and oxygen atoms in total. The van der Waals surface area contributed by atoms with Crippen LogP contribution in [0.1, 0.15) is 54.9 Å². The molecule has 2 aromatic carbocycles. The number of aryl methyl sites for hydroxylation is 1. The van der Waals surface area contributed by atoms with E-state index in [-0.39, 0.29) is 11.7 Å². The van der Waals surface area contributed by atoms with E-state index < -0.39 is 11.8 Å². The van der Waals surface area contributed by atoms with Crippen molar-refractivity contribution in [3.05, 3.63) is 58.6 Å². The number of hydrogen-bond acceptors (Lipinski definition) is 5. The van der Waals surface area contributed by atoms with Crippen molar-refractivity contribution in [3.63, 3.8) is 0 Å². The zero-order valence-corrected chi connectivity index (χ0v) is 20.5. The monoisotopic (exact) mass is 491 g/mol. The summed E-state index contributed by atoms with van der Waals surface area (Å²) in [5, 5.41) is 3.08. The van der Waals surface area contributed by atoms with Gasteiger partial charge in [0.25, 0.3) is 11.8 Å². The van der Waals surface area contributed by atoms with Crippen LogP contribution >= 0.6 is 23.8 Å². The van der Waals surface area contributed by atoms with Gasteiger partial charge in [-0.25, -0.2) is 0 Å². The van der Waals surface area contributed by atoms with Crippen LogP contribution in [0.4, 0.5) is 0 Å². The van der Waals surface area contributed by atoms with Gasteiger partial charge in [-0.05, 0) is 73.6 Å². The van der Waals surface area contributed by atoms with Crippen molar-refractivity contribution in [1.29, 1.82) is 0 Å². The van der Waals surface area contributed by atoms with Gasteiger partial charge in [0.15, 0.2) is 11.7 Å². The summed E-state index contributed by atoms with van der Waals surface area (Å²) < 4.78 is 11.1. The van der Waals surface area contributed by atoms with Crippen LogP contribution in [0.15, 0.2) is 42.5 Å². The summed E-state index contributed by atoms with van der Waals surface area (Å²) in [5.74, 6) is 0.369. The highest BCUT2D eigenvalue weighted by atomic mass is 35.5. The largest absolute Gasteiger partial charge is 0.494 e. The predicted molar refractivity (Wildman–Crippen MR) is 134 cm³/mol. The molecule has 0 fully saturated rings. The van der Waals surface area contributed by atoms with Crippen molar-refractivity contribution in [2.45, 2.75) is 46.0 Å². The molecule has 0 heterocycles. The minimum atomic E-state index is -0.463. The highest BCUT2D eigenvalue weighted by molar-refractivity contribution is 7.80. The van der Waals surface area contributed by atoms with Gasteiger partial charge in [0, 0.05) is 10.6 Å². The summed E-state index contributed by atoms with van der Waals surface area (Å²) in [4.78, 5) is 24.2. The van der Waals surface area contributed by atoms with Crippen molar-refractivity contribution in [3.8, 4) is 11.5 Å². The van der Waals surface area contributed by atoms with E-state index in [9.17, 15) is 9.59 Å². The summed E-state index contributed by atoms with van der Waals surface area (Å²) >= 11 is 11.0. The van der Waals surface area contributed by atoms with Gasteiger partial charge in [-0.2, -0.15) is 0 Å². The number of hydrogen-bond donors (Lipinski definition) is 3. The third-order valence-corrected chi connectivity index (χ3v) is 5.30. The number of carbonyl (C=O) groups is 2. The number of hydrazine groups is 1. The molecular weight excluding hydrogens is 462 g/mol. The minimum Gasteiger partial charge on any atom is -0.494 e. The van der Waals surface area contributed by atoms with Gasteiger partial charge in [0.05, 0.1) is 6.61 Å². The highest BCUT2D eigenvalue weighted by Gasteiger charge is 2.10. The normalized spacial score (nSPS) is 10.3. The average Bonchev–Trinajstić information content (AvgIpc) is 2.81. The number of nitrogens with one attached hydrogen (secondary N) is 3. The van der Waals surface area contributed by atoms with Gasteiger partial charge in [-0.1, -0.05) is 44.2 Å². The molecule has 0 aliphatic heterocycles. The molecule has 9 heteroatoms. The fourth-order valence-corrected chi connectivity index (χ4v) is 3.08. The topological polar surface area (TPSA) is 88.7 Å². The third-order valence-electron chi connectivity index (χ3n) is 4.67. The van der Waals surface area contributed by atoms with E-state index in [1.54, 1.807) is 42.5 Å². The maximum absolute atomic E-state index is 12.3. The zero-order valence-electron chi connectivity index (χ0n) is 18.9. The van der Waals surface area contributed by atoms with Crippen LogP contribution in [0.5, 0.6) is 11.5 Å². The Balaban J connectivity index is 1.67. The van der Waals surface area contributed by atoms with E-state index in [2.05, 4.69) is 23.1 Å². The van der Waals surface area contributed by atoms with Crippen LogP contribution in [-0.4, -0.2) is 30.1 Å². The summed E-state index contributed by atoms with van der Waals surface area (Å²) in [6.07, 6.45) is 5.86. The number of carbonyl (C=O) groups excluding carboxylic acids is 2. The molecule has 178 valence electrons. The standard InChI is InChI=1S/C24H30ClN3O4S/c1-3-4-5-6-7-14-31-19-10-8-18(9-11-19)23(30)26-24(33)28-27-22(29)16-32-20-12-13-21(25)17(2)15-20/h8-13,15H,3-7,14,16H2,1-2H3,(H,27,29)(H2,26,28,30,33). The first kappa shape index (κ1) is 26.4. The number of benzene rings is 2. The fourth-order valence-electron chi connectivity index (χ4n) is 2.82. The first-order valence-electron chi connectivity index (χ1n) is 10.9. The molecule has 2 aromatic rings. The van der Waals surface area contributed by atoms with Gasteiger partial charge in [-0.3, -0.25) is 25.8 Å². The van der Waals surface area contributed by atoms with E-state index in [1.807, 2.05) is 6.92 Å². The second kappa shape index (κ2) is 14.3. The zero-order chi connectivity index (χ0) is 24.1. The molecule has 0 aromatic heterocycles. The summed E-state index contributed by atoms with van der Waals surface area (Å²) in [6.45, 7) is 4.45. The average molecular weight is 492 g/mol. The van der Waals surface area contributed by atoms with Crippen LogP contribution in [-0.2, 0) is 4.79 Å². The van der Waals surface area contributed by atoms with E-state index in [4.69, 9.17) is 33.3 Å². The first-order chi connectivity index (χ1) is 15.9. The SMILES string of the molecule is CCCCCCCOc1ccc(C(=O)NC(=S)NNC(=O)COc2ccc(Cl)c(C)c2)cc1. The fraction of sp³-hybridized carbons (Fsp3) is 0.375. The van der Waals surface area contributed by atoms with E-state index >= 15 is 0 Å². The molecule has 0 saturated carbocycles. The van der Waals surface area contributed by atoms with Gasteiger partial charge in [-0.15, -0.1) is 0 Å². The maximum Gasteiger partial charge on any atom is 0.276 e. The van der Waals surface area contributed by atoms with E-state index in [0.717, 1.165) is 18.4 Å². The lowest BCUT2D eigenvalue weighted by molar-refractivity contribution is -0.123.